The van der Waals surface area contributed by atoms with Gasteiger partial charge < -0.3 is 19.1 Å². The first-order valence-corrected chi connectivity index (χ1v) is 13.2. The maximum atomic E-state index is 13.4. The normalized spacial score (nSPS) is 35.1. The second-order valence-electron chi connectivity index (χ2n) is 10.5. The van der Waals surface area contributed by atoms with Crippen molar-refractivity contribution >= 4 is 28.8 Å². The number of fused-ring (bicyclic) bond motifs is 4. The summed E-state index contributed by atoms with van der Waals surface area (Å²) in [6, 6.07) is 7.77. The van der Waals surface area contributed by atoms with Crippen molar-refractivity contribution in [2.24, 2.45) is 11.8 Å². The minimum Gasteiger partial charge on any atom is -0.755 e. The minimum absolute atomic E-state index is 0.0262. The predicted octanol–water partition coefficient (Wildman–Crippen LogP) is 1.31. The van der Waals surface area contributed by atoms with Crippen LogP contribution in [0.3, 0.4) is 0 Å². The Morgan fingerprint density at radius 2 is 2.15 bits per heavy atom. The number of likely N-dealkylation sites (tertiary alicyclic amines) is 3. The quantitative estimate of drug-likeness (QED) is 0.611. The lowest BCUT2D eigenvalue weighted by Crippen LogP contribution is -2.53. The smallest absolute Gasteiger partial charge is 0.240 e. The molecule has 3 saturated heterocycles. The number of nitrogens with zero attached hydrogens (tertiary/aromatic N) is 4. The number of anilines is 1. The molecule has 2 unspecified atom stereocenters. The Balaban J connectivity index is 1.11. The fourth-order valence-electron chi connectivity index (χ4n) is 6.92. The lowest BCUT2D eigenvalue weighted by molar-refractivity contribution is -0.142. The monoisotopic (exact) mass is 482 g/mol. The molecule has 6 rings (SSSR count). The molecule has 0 radical (unpaired) electrons. The van der Waals surface area contributed by atoms with Crippen molar-refractivity contribution in [1.29, 1.82) is 5.26 Å². The molecule has 9 nitrogen and oxygen atoms in total. The van der Waals surface area contributed by atoms with Crippen LogP contribution < -0.4 is 4.72 Å². The largest absolute Gasteiger partial charge is 0.755 e. The molecule has 3 heterocycles. The van der Waals surface area contributed by atoms with Gasteiger partial charge in [0, 0.05) is 48.0 Å². The number of carbonyl (C=O) groups excluding carboxylic acids is 2. The van der Waals surface area contributed by atoms with E-state index in [4.69, 9.17) is 0 Å². The van der Waals surface area contributed by atoms with E-state index < -0.39 is 11.3 Å². The Labute approximate surface area is 201 Å². The third kappa shape index (κ3) is 3.44. The Kier molecular flexibility index (Phi) is 5.20. The van der Waals surface area contributed by atoms with Crippen LogP contribution >= 0.6 is 0 Å². The van der Waals surface area contributed by atoms with Gasteiger partial charge in [-0.2, -0.15) is 5.26 Å². The molecule has 4 fully saturated rings. The van der Waals surface area contributed by atoms with Crippen molar-refractivity contribution in [2.75, 3.05) is 17.8 Å². The highest BCUT2D eigenvalue weighted by Gasteiger charge is 2.56. The average Bonchev–Trinajstić information content (AvgIpc) is 3.14. The lowest BCUT2D eigenvalue weighted by atomic mass is 10.0. The maximum Gasteiger partial charge on any atom is 0.240 e. The van der Waals surface area contributed by atoms with Crippen LogP contribution in [0.4, 0.5) is 5.69 Å². The van der Waals surface area contributed by atoms with E-state index in [-0.39, 0.29) is 47.9 Å². The van der Waals surface area contributed by atoms with Gasteiger partial charge in [-0.1, -0.05) is 13.0 Å². The van der Waals surface area contributed by atoms with Gasteiger partial charge in [0.1, 0.15) is 6.04 Å². The molecule has 3 aliphatic heterocycles. The lowest BCUT2D eigenvalue weighted by Gasteiger charge is -2.39. The highest BCUT2D eigenvalue weighted by molar-refractivity contribution is 7.80. The molecule has 2 amide bonds. The second-order valence-corrected chi connectivity index (χ2v) is 11.2. The van der Waals surface area contributed by atoms with Gasteiger partial charge in [-0.05, 0) is 61.3 Å². The third-order valence-electron chi connectivity index (χ3n) is 8.48. The molecular formula is C24H28N5O4S-. The Hall–Kier alpha value is -2.48. The van der Waals surface area contributed by atoms with Gasteiger partial charge in [0.25, 0.3) is 0 Å². The average molecular weight is 483 g/mol. The highest BCUT2D eigenvalue weighted by atomic mass is 32.2. The van der Waals surface area contributed by atoms with E-state index in [1.165, 1.54) is 0 Å². The molecule has 34 heavy (non-hydrogen) atoms. The molecule has 1 aromatic carbocycles. The first kappa shape index (κ1) is 22.0. The Morgan fingerprint density at radius 1 is 1.32 bits per heavy atom. The number of nitriles is 1. The zero-order valence-corrected chi connectivity index (χ0v) is 19.9. The van der Waals surface area contributed by atoms with E-state index in [2.05, 4.69) is 15.7 Å². The van der Waals surface area contributed by atoms with Gasteiger partial charge in [0.05, 0.1) is 18.2 Å². The summed E-state index contributed by atoms with van der Waals surface area (Å²) in [5, 5.41) is 9.43. The third-order valence-corrected chi connectivity index (χ3v) is 8.88. The zero-order chi connectivity index (χ0) is 23.7. The molecule has 8 atom stereocenters. The van der Waals surface area contributed by atoms with Gasteiger partial charge >= 0.3 is 0 Å². The van der Waals surface area contributed by atoms with Crippen molar-refractivity contribution in [3.05, 3.63) is 29.3 Å². The van der Waals surface area contributed by atoms with Gasteiger partial charge in [0.2, 0.25) is 11.8 Å². The number of piperazine rings is 1. The van der Waals surface area contributed by atoms with Crippen molar-refractivity contribution in [3.8, 4) is 6.07 Å². The first-order chi connectivity index (χ1) is 16.4. The number of amides is 2. The van der Waals surface area contributed by atoms with Crippen LogP contribution in [0.25, 0.3) is 0 Å². The summed E-state index contributed by atoms with van der Waals surface area (Å²) >= 11 is -2.36. The summed E-state index contributed by atoms with van der Waals surface area (Å²) in [6.07, 6.45) is 4.27. The summed E-state index contributed by atoms with van der Waals surface area (Å²) in [5.41, 5.74) is 2.73. The minimum atomic E-state index is -2.36. The van der Waals surface area contributed by atoms with Crippen LogP contribution in [0, 0.1) is 23.2 Å². The standard InChI is InChI=1S/C24H29N5O4S/c1-13(23(30)28-17(10-25)7-15-8-21(15)28)11-27-12-18-9-22(27)24(31)29(18)20-5-2-14-6-16(26-34(32)33)3-4-19(14)20/h3-4,6,13,15,17-18,20-22,26H,2,5,7-9,11-12H2,1H3,(H,32,33)/p-1/t13-,15+,17-,18+,20+,21?,22+/m0/s1. The van der Waals surface area contributed by atoms with E-state index >= 15 is 0 Å². The van der Waals surface area contributed by atoms with E-state index in [0.717, 1.165) is 49.8 Å². The SMILES string of the molecule is C[C@@H](CN1C[C@H]2C[C@@H]1C(=O)N2[C@@H]1CCc2cc(NS(=O)[O-])ccc21)C(=O)N1C2C[C@H]2C[C@H]1C#N. The molecule has 2 bridgehead atoms. The summed E-state index contributed by atoms with van der Waals surface area (Å²) in [6.45, 7) is 3.24. The topological polar surface area (TPSA) is 120 Å². The van der Waals surface area contributed by atoms with Crippen LogP contribution in [0.15, 0.2) is 18.2 Å². The molecule has 0 spiro atoms. The summed E-state index contributed by atoms with van der Waals surface area (Å²) < 4.78 is 24.3. The van der Waals surface area contributed by atoms with Crippen LogP contribution in [0.2, 0.25) is 0 Å². The molecule has 1 saturated carbocycles. The molecule has 2 aliphatic carbocycles. The van der Waals surface area contributed by atoms with Crippen molar-refractivity contribution < 1.29 is 18.4 Å². The van der Waals surface area contributed by atoms with Crippen LogP contribution in [-0.2, 0) is 27.3 Å². The van der Waals surface area contributed by atoms with E-state index in [9.17, 15) is 23.6 Å². The van der Waals surface area contributed by atoms with Crippen LogP contribution in [0.5, 0.6) is 0 Å². The summed E-state index contributed by atoms with van der Waals surface area (Å²) in [5.74, 6) is 0.453. The molecular weight excluding hydrogens is 454 g/mol. The van der Waals surface area contributed by atoms with E-state index in [1.807, 2.05) is 28.9 Å². The van der Waals surface area contributed by atoms with Crippen molar-refractivity contribution in [2.45, 2.75) is 69.2 Å². The second kappa shape index (κ2) is 8.04. The molecule has 1 aromatic rings. The number of nitrogens with one attached hydrogen (secondary N) is 1. The number of hydrogen-bond donors (Lipinski definition) is 1. The van der Waals surface area contributed by atoms with Crippen LogP contribution in [0.1, 0.15) is 49.8 Å². The highest BCUT2D eigenvalue weighted by Crippen LogP contribution is 2.48. The fraction of sp³-hybridized carbons (Fsp3) is 0.625. The Bertz CT molecular complexity index is 1120. The number of piperidine rings is 1. The van der Waals surface area contributed by atoms with E-state index in [0.29, 0.717) is 18.2 Å². The van der Waals surface area contributed by atoms with Crippen molar-refractivity contribution in [3.63, 3.8) is 0 Å². The number of hydrogen-bond acceptors (Lipinski definition) is 6. The number of carbonyl (C=O) groups is 2. The molecule has 0 aromatic heterocycles. The predicted molar refractivity (Wildman–Crippen MR) is 123 cm³/mol. The zero-order valence-electron chi connectivity index (χ0n) is 19.1. The molecule has 180 valence electrons. The van der Waals surface area contributed by atoms with Crippen LogP contribution in [-0.4, -0.2) is 72.5 Å². The number of rotatable bonds is 6. The van der Waals surface area contributed by atoms with E-state index in [1.54, 1.807) is 6.07 Å². The van der Waals surface area contributed by atoms with Gasteiger partial charge in [-0.15, -0.1) is 0 Å². The van der Waals surface area contributed by atoms with Gasteiger partial charge in [0.15, 0.2) is 0 Å². The summed E-state index contributed by atoms with van der Waals surface area (Å²) in [7, 11) is 0. The fourth-order valence-corrected chi connectivity index (χ4v) is 7.24. The number of benzene rings is 1. The van der Waals surface area contributed by atoms with Gasteiger partial charge in [-0.3, -0.25) is 18.7 Å². The maximum absolute atomic E-state index is 13.4. The van der Waals surface area contributed by atoms with Crippen molar-refractivity contribution in [1.82, 2.24) is 14.7 Å². The molecule has 1 N–H and O–H groups in total. The van der Waals surface area contributed by atoms with Gasteiger partial charge in [-0.25, -0.2) is 0 Å². The molecule has 5 aliphatic rings. The molecule has 10 heteroatoms. The Morgan fingerprint density at radius 3 is 2.88 bits per heavy atom. The number of aryl methyl sites for hydroxylation is 1. The first-order valence-electron chi connectivity index (χ1n) is 12.1. The summed E-state index contributed by atoms with van der Waals surface area (Å²) in [4.78, 5) is 32.6.